The lowest BCUT2D eigenvalue weighted by atomic mass is 9.96. The highest BCUT2D eigenvalue weighted by Gasteiger charge is 2.24. The van der Waals surface area contributed by atoms with Gasteiger partial charge in [0.25, 0.3) is 5.91 Å². The molecule has 1 amide bonds. The molecule has 0 spiro atoms. The normalized spacial score (nSPS) is 15.8. The molecule has 0 bridgehead atoms. The summed E-state index contributed by atoms with van der Waals surface area (Å²) in [5.74, 6) is 1.29. The van der Waals surface area contributed by atoms with E-state index in [2.05, 4.69) is 22.3 Å². The fourth-order valence-corrected chi connectivity index (χ4v) is 3.61. The van der Waals surface area contributed by atoms with Gasteiger partial charge in [-0.2, -0.15) is 0 Å². The molecule has 0 atom stereocenters. The van der Waals surface area contributed by atoms with Crippen LogP contribution in [0.15, 0.2) is 24.3 Å². The molecular formula is C21H31N5O2. The van der Waals surface area contributed by atoms with E-state index in [0.717, 1.165) is 49.6 Å². The standard InChI is InChI=1S/C21H31N5O2/c1-15(2)28-19-8-6-18(7-9-19)26-16(3)20(22-23-26)21(27)25(5)14-17-10-12-24(4)13-11-17/h6-9,15,17H,10-14H2,1-5H3. The second-order valence-corrected chi connectivity index (χ2v) is 8.03. The largest absolute Gasteiger partial charge is 0.491 e. The van der Waals surface area contributed by atoms with E-state index in [4.69, 9.17) is 4.74 Å². The first kappa shape index (κ1) is 20.3. The van der Waals surface area contributed by atoms with Gasteiger partial charge in [-0.25, -0.2) is 4.68 Å². The zero-order valence-corrected chi connectivity index (χ0v) is 17.6. The van der Waals surface area contributed by atoms with Gasteiger partial charge in [0.15, 0.2) is 5.69 Å². The van der Waals surface area contributed by atoms with Crippen molar-refractivity contribution in [1.82, 2.24) is 24.8 Å². The number of hydrogen-bond acceptors (Lipinski definition) is 5. The number of carbonyl (C=O) groups excluding carboxylic acids is 1. The van der Waals surface area contributed by atoms with Crippen LogP contribution in [0.5, 0.6) is 5.75 Å². The Morgan fingerprint density at radius 2 is 1.89 bits per heavy atom. The van der Waals surface area contributed by atoms with Crippen LogP contribution in [0, 0.1) is 12.8 Å². The molecule has 1 aliphatic heterocycles. The lowest BCUT2D eigenvalue weighted by molar-refractivity contribution is 0.0740. The Kier molecular flexibility index (Phi) is 6.34. The van der Waals surface area contributed by atoms with Gasteiger partial charge in [0.05, 0.1) is 17.5 Å². The first-order valence-electron chi connectivity index (χ1n) is 9.98. The number of carbonyl (C=O) groups is 1. The summed E-state index contributed by atoms with van der Waals surface area (Å²) in [4.78, 5) is 17.0. The molecule has 0 N–H and O–H groups in total. The van der Waals surface area contributed by atoms with E-state index in [1.165, 1.54) is 0 Å². The van der Waals surface area contributed by atoms with Crippen LogP contribution < -0.4 is 4.74 Å². The molecule has 1 saturated heterocycles. The molecule has 0 unspecified atom stereocenters. The minimum atomic E-state index is -0.0672. The molecule has 1 aliphatic rings. The van der Waals surface area contributed by atoms with Gasteiger partial charge in [0, 0.05) is 13.6 Å². The maximum Gasteiger partial charge on any atom is 0.276 e. The van der Waals surface area contributed by atoms with Gasteiger partial charge in [-0.05, 0) is 83.9 Å². The zero-order valence-electron chi connectivity index (χ0n) is 17.6. The molecular weight excluding hydrogens is 354 g/mol. The van der Waals surface area contributed by atoms with E-state index in [-0.39, 0.29) is 12.0 Å². The van der Waals surface area contributed by atoms with E-state index < -0.39 is 0 Å². The summed E-state index contributed by atoms with van der Waals surface area (Å²) in [5.41, 5.74) is 2.02. The van der Waals surface area contributed by atoms with E-state index in [1.54, 1.807) is 9.58 Å². The summed E-state index contributed by atoms with van der Waals surface area (Å²) < 4.78 is 7.38. The number of ether oxygens (including phenoxy) is 1. The van der Waals surface area contributed by atoms with E-state index in [1.807, 2.05) is 52.1 Å². The van der Waals surface area contributed by atoms with Crippen molar-refractivity contribution in [3.8, 4) is 11.4 Å². The summed E-state index contributed by atoms with van der Waals surface area (Å²) >= 11 is 0. The summed E-state index contributed by atoms with van der Waals surface area (Å²) in [6.07, 6.45) is 2.39. The molecule has 3 rings (SSSR count). The molecule has 0 aliphatic carbocycles. The van der Waals surface area contributed by atoms with Crippen molar-refractivity contribution in [2.75, 3.05) is 33.7 Å². The van der Waals surface area contributed by atoms with Crippen LogP contribution in [0.4, 0.5) is 0 Å². The number of nitrogens with zero attached hydrogens (tertiary/aromatic N) is 5. The first-order chi connectivity index (χ1) is 13.3. The minimum Gasteiger partial charge on any atom is -0.491 e. The lowest BCUT2D eigenvalue weighted by Gasteiger charge is -2.31. The molecule has 2 heterocycles. The summed E-state index contributed by atoms with van der Waals surface area (Å²) in [6.45, 7) is 8.83. The lowest BCUT2D eigenvalue weighted by Crippen LogP contribution is -2.38. The van der Waals surface area contributed by atoms with Crippen LogP contribution in [0.3, 0.4) is 0 Å². The predicted octanol–water partition coefficient (Wildman–Crippen LogP) is 2.78. The molecule has 1 aromatic heterocycles. The van der Waals surface area contributed by atoms with Crippen molar-refractivity contribution in [2.45, 2.75) is 39.7 Å². The maximum absolute atomic E-state index is 12.9. The molecule has 152 valence electrons. The van der Waals surface area contributed by atoms with Gasteiger partial charge in [0.2, 0.25) is 0 Å². The number of aromatic nitrogens is 3. The van der Waals surface area contributed by atoms with E-state index >= 15 is 0 Å². The first-order valence-corrected chi connectivity index (χ1v) is 9.98. The SMILES string of the molecule is Cc1c(C(=O)N(C)CC2CCN(C)CC2)nnn1-c1ccc(OC(C)C)cc1. The van der Waals surface area contributed by atoms with Gasteiger partial charge in [-0.15, -0.1) is 5.10 Å². The van der Waals surface area contributed by atoms with Gasteiger partial charge >= 0.3 is 0 Å². The maximum atomic E-state index is 12.9. The Balaban J connectivity index is 1.68. The topological polar surface area (TPSA) is 63.5 Å². The second kappa shape index (κ2) is 8.73. The van der Waals surface area contributed by atoms with Crippen LogP contribution in [0.25, 0.3) is 5.69 Å². The van der Waals surface area contributed by atoms with E-state index in [0.29, 0.717) is 11.6 Å². The molecule has 7 nitrogen and oxygen atoms in total. The van der Waals surface area contributed by atoms with Crippen LogP contribution in [0.2, 0.25) is 0 Å². The highest BCUT2D eigenvalue weighted by Crippen LogP contribution is 2.20. The average Bonchev–Trinajstić information content (AvgIpc) is 3.04. The fraction of sp³-hybridized carbons (Fsp3) is 0.571. The van der Waals surface area contributed by atoms with Gasteiger partial charge < -0.3 is 14.5 Å². The van der Waals surface area contributed by atoms with Crippen molar-refractivity contribution in [3.05, 3.63) is 35.7 Å². The summed E-state index contributed by atoms with van der Waals surface area (Å²) in [6, 6.07) is 7.67. The summed E-state index contributed by atoms with van der Waals surface area (Å²) in [7, 11) is 4.01. The summed E-state index contributed by atoms with van der Waals surface area (Å²) in [5, 5.41) is 8.38. The Bertz CT molecular complexity index is 792. The number of likely N-dealkylation sites (tertiary alicyclic amines) is 1. The van der Waals surface area contributed by atoms with Gasteiger partial charge in [-0.1, -0.05) is 5.21 Å². The molecule has 1 aromatic carbocycles. The van der Waals surface area contributed by atoms with Crippen LogP contribution in [-0.4, -0.2) is 70.5 Å². The third-order valence-corrected chi connectivity index (χ3v) is 5.27. The number of amides is 1. The van der Waals surface area contributed by atoms with Crippen LogP contribution in [0.1, 0.15) is 42.9 Å². The highest BCUT2D eigenvalue weighted by molar-refractivity contribution is 5.93. The second-order valence-electron chi connectivity index (χ2n) is 8.03. The molecule has 0 saturated carbocycles. The van der Waals surface area contributed by atoms with Crippen molar-refractivity contribution < 1.29 is 9.53 Å². The van der Waals surface area contributed by atoms with Gasteiger partial charge in [0.1, 0.15) is 5.75 Å². The smallest absolute Gasteiger partial charge is 0.276 e. The van der Waals surface area contributed by atoms with Crippen molar-refractivity contribution in [2.24, 2.45) is 5.92 Å². The zero-order chi connectivity index (χ0) is 20.3. The van der Waals surface area contributed by atoms with Crippen molar-refractivity contribution >= 4 is 5.91 Å². The molecule has 1 fully saturated rings. The Labute approximate surface area is 167 Å². The Morgan fingerprint density at radius 3 is 2.50 bits per heavy atom. The van der Waals surface area contributed by atoms with Crippen LogP contribution in [-0.2, 0) is 0 Å². The number of piperidine rings is 1. The number of hydrogen-bond donors (Lipinski definition) is 0. The van der Waals surface area contributed by atoms with Crippen LogP contribution >= 0.6 is 0 Å². The van der Waals surface area contributed by atoms with Crippen molar-refractivity contribution in [1.29, 1.82) is 0 Å². The number of benzene rings is 1. The Morgan fingerprint density at radius 1 is 1.25 bits per heavy atom. The minimum absolute atomic E-state index is 0.0672. The Hall–Kier alpha value is -2.41. The highest BCUT2D eigenvalue weighted by atomic mass is 16.5. The average molecular weight is 386 g/mol. The number of rotatable bonds is 6. The quantitative estimate of drug-likeness (QED) is 0.765. The third-order valence-electron chi connectivity index (χ3n) is 5.27. The monoisotopic (exact) mass is 385 g/mol. The van der Waals surface area contributed by atoms with E-state index in [9.17, 15) is 4.79 Å². The third kappa shape index (κ3) is 4.70. The predicted molar refractivity (Wildman–Crippen MR) is 109 cm³/mol. The van der Waals surface area contributed by atoms with Crippen molar-refractivity contribution in [3.63, 3.8) is 0 Å². The fourth-order valence-electron chi connectivity index (χ4n) is 3.61. The molecule has 7 heteroatoms. The van der Waals surface area contributed by atoms with Gasteiger partial charge in [-0.3, -0.25) is 4.79 Å². The molecule has 0 radical (unpaired) electrons. The molecule has 28 heavy (non-hydrogen) atoms. The molecule has 2 aromatic rings.